The number of cyclic esters (lactones) is 1. The maximum Gasteiger partial charge on any atom is 0.334 e. The van der Waals surface area contributed by atoms with Crippen molar-refractivity contribution in [1.82, 2.24) is 0 Å². The molecule has 88 valence electrons. The van der Waals surface area contributed by atoms with Gasteiger partial charge in [0.05, 0.1) is 13.2 Å². The molecule has 1 fully saturated rings. The molecule has 0 unspecified atom stereocenters. The number of hydrogen-bond acceptors (Lipinski definition) is 5. The second-order valence-corrected chi connectivity index (χ2v) is 4.22. The zero-order valence-electron chi connectivity index (χ0n) is 9.23. The molecule has 1 aliphatic heterocycles. The van der Waals surface area contributed by atoms with Gasteiger partial charge in [-0.3, -0.25) is 4.79 Å². The van der Waals surface area contributed by atoms with Crippen molar-refractivity contribution in [2.45, 2.75) is 19.4 Å². The molecular weight excluding hydrogens is 212 g/mol. The average molecular weight is 226 g/mol. The van der Waals surface area contributed by atoms with Gasteiger partial charge in [-0.05, 0) is 13.3 Å². The molecule has 3 atom stereocenters. The first-order valence-electron chi connectivity index (χ1n) is 5.19. The molecule has 0 aromatic rings. The Morgan fingerprint density at radius 3 is 2.88 bits per heavy atom. The minimum atomic E-state index is -0.688. The van der Waals surface area contributed by atoms with E-state index in [1.54, 1.807) is 6.92 Å². The smallest absolute Gasteiger partial charge is 0.334 e. The quantitative estimate of drug-likeness (QED) is 0.638. The van der Waals surface area contributed by atoms with Gasteiger partial charge in [-0.2, -0.15) is 0 Å². The van der Waals surface area contributed by atoms with Gasteiger partial charge in [0.25, 0.3) is 0 Å². The van der Waals surface area contributed by atoms with Crippen LogP contribution in [0, 0.1) is 11.8 Å². The molecule has 0 saturated carbocycles. The van der Waals surface area contributed by atoms with Crippen molar-refractivity contribution in [2.75, 3.05) is 13.7 Å². The van der Waals surface area contributed by atoms with E-state index in [9.17, 15) is 14.7 Å². The van der Waals surface area contributed by atoms with E-state index < -0.39 is 29.9 Å². The summed E-state index contributed by atoms with van der Waals surface area (Å²) in [6, 6.07) is 0. The Hall–Kier alpha value is -1.36. The number of methoxy groups -OCH3 is 1. The van der Waals surface area contributed by atoms with Gasteiger partial charge in [-0.15, -0.1) is 0 Å². The van der Waals surface area contributed by atoms with Crippen LogP contribution in [0.4, 0.5) is 0 Å². The third-order valence-electron chi connectivity index (χ3n) is 3.27. The average Bonchev–Trinajstić information content (AvgIpc) is 2.55. The van der Waals surface area contributed by atoms with Crippen LogP contribution in [-0.4, -0.2) is 36.9 Å². The number of esters is 2. The fourth-order valence-electron chi connectivity index (χ4n) is 2.52. The lowest BCUT2D eigenvalue weighted by Crippen LogP contribution is -2.41. The van der Waals surface area contributed by atoms with Crippen LogP contribution in [0.1, 0.15) is 13.3 Å². The van der Waals surface area contributed by atoms with Crippen LogP contribution in [0.25, 0.3) is 0 Å². The topological polar surface area (TPSA) is 72.8 Å². The lowest BCUT2D eigenvalue weighted by Gasteiger charge is -2.30. The fraction of sp³-hybridized carbons (Fsp3) is 0.636. The molecule has 1 saturated heterocycles. The first kappa shape index (κ1) is 11.1. The maximum absolute atomic E-state index is 11.5. The van der Waals surface area contributed by atoms with Gasteiger partial charge in [0.1, 0.15) is 12.5 Å². The molecule has 0 aromatic carbocycles. The van der Waals surface area contributed by atoms with E-state index in [0.717, 1.165) is 5.57 Å². The number of fused-ring (bicyclic) bond motifs is 1. The zero-order chi connectivity index (χ0) is 11.9. The van der Waals surface area contributed by atoms with E-state index in [0.29, 0.717) is 12.0 Å². The maximum atomic E-state index is 11.5. The summed E-state index contributed by atoms with van der Waals surface area (Å²) < 4.78 is 9.59. The lowest BCUT2D eigenvalue weighted by atomic mass is 9.83. The van der Waals surface area contributed by atoms with Crippen molar-refractivity contribution in [2.24, 2.45) is 11.8 Å². The molecule has 5 nitrogen and oxygen atoms in total. The number of aliphatic hydroxyl groups is 1. The molecule has 0 spiro atoms. The van der Waals surface area contributed by atoms with Crippen LogP contribution in [0.2, 0.25) is 0 Å². The van der Waals surface area contributed by atoms with Gasteiger partial charge in [-0.1, -0.05) is 5.57 Å². The number of carbonyl (C=O) groups is 2. The molecule has 0 aromatic heterocycles. The molecule has 0 amide bonds. The highest BCUT2D eigenvalue weighted by Gasteiger charge is 2.48. The molecule has 0 bridgehead atoms. The second-order valence-electron chi connectivity index (χ2n) is 4.22. The highest BCUT2D eigenvalue weighted by atomic mass is 16.5. The first-order chi connectivity index (χ1) is 7.56. The Morgan fingerprint density at radius 1 is 1.56 bits per heavy atom. The molecule has 2 aliphatic rings. The largest absolute Gasteiger partial charge is 0.469 e. The summed E-state index contributed by atoms with van der Waals surface area (Å²) in [5.41, 5.74) is 1.25. The monoisotopic (exact) mass is 226 g/mol. The Labute approximate surface area is 93.0 Å². The lowest BCUT2D eigenvalue weighted by molar-refractivity contribution is -0.160. The van der Waals surface area contributed by atoms with E-state index in [4.69, 9.17) is 4.74 Å². The molecule has 1 N–H and O–H groups in total. The normalized spacial score (nSPS) is 33.4. The predicted molar refractivity (Wildman–Crippen MR) is 53.3 cm³/mol. The van der Waals surface area contributed by atoms with Gasteiger partial charge in [0.15, 0.2) is 0 Å². The van der Waals surface area contributed by atoms with Gasteiger partial charge < -0.3 is 14.6 Å². The first-order valence-corrected chi connectivity index (χ1v) is 5.19. The Morgan fingerprint density at radius 2 is 2.25 bits per heavy atom. The summed E-state index contributed by atoms with van der Waals surface area (Å²) in [5.74, 6) is -1.90. The zero-order valence-corrected chi connectivity index (χ0v) is 9.23. The summed E-state index contributed by atoms with van der Waals surface area (Å²) in [6.45, 7) is 1.77. The minimum Gasteiger partial charge on any atom is -0.469 e. The Bertz CT molecular complexity index is 371. The summed E-state index contributed by atoms with van der Waals surface area (Å²) in [7, 11) is 1.29. The van der Waals surface area contributed by atoms with Crippen molar-refractivity contribution in [3.8, 4) is 0 Å². The van der Waals surface area contributed by atoms with Gasteiger partial charge >= 0.3 is 11.9 Å². The fourth-order valence-corrected chi connectivity index (χ4v) is 2.52. The predicted octanol–water partition coefficient (Wildman–Crippen LogP) is 0.0297. The van der Waals surface area contributed by atoms with Crippen molar-refractivity contribution < 1.29 is 24.2 Å². The highest BCUT2D eigenvalue weighted by Crippen LogP contribution is 2.41. The standard InChI is InChI=1S/C11H14O5/c1-5-3-7(12)9-6(10(13)15-2)4-16-11(14)8(5)9/h6-7,9,12H,3-4H2,1-2H3/t6-,7+,9-/m0/s1. The number of aliphatic hydroxyl groups excluding tert-OH is 1. The number of carbonyl (C=O) groups excluding carboxylic acids is 2. The summed E-state index contributed by atoms with van der Waals surface area (Å²) >= 11 is 0. The van der Waals surface area contributed by atoms with E-state index >= 15 is 0 Å². The van der Waals surface area contributed by atoms with Gasteiger partial charge in [0.2, 0.25) is 0 Å². The SMILES string of the molecule is COC(=O)[C@H]1COC(=O)C2=C(C)C[C@@H](O)[C@@H]21. The molecule has 2 rings (SSSR count). The molecular formula is C11H14O5. The van der Waals surface area contributed by atoms with E-state index in [1.807, 2.05) is 0 Å². The summed E-state index contributed by atoms with van der Waals surface area (Å²) in [5, 5.41) is 9.87. The van der Waals surface area contributed by atoms with E-state index in [1.165, 1.54) is 7.11 Å². The van der Waals surface area contributed by atoms with Crippen LogP contribution in [0.15, 0.2) is 11.1 Å². The summed E-state index contributed by atoms with van der Waals surface area (Å²) in [4.78, 5) is 23.1. The van der Waals surface area contributed by atoms with Crippen molar-refractivity contribution in [3.63, 3.8) is 0 Å². The van der Waals surface area contributed by atoms with Crippen molar-refractivity contribution in [3.05, 3.63) is 11.1 Å². The van der Waals surface area contributed by atoms with Crippen LogP contribution in [0.3, 0.4) is 0 Å². The van der Waals surface area contributed by atoms with E-state index in [2.05, 4.69) is 4.74 Å². The molecule has 1 aliphatic carbocycles. The molecule has 0 radical (unpaired) electrons. The molecule has 5 heteroatoms. The number of rotatable bonds is 1. The Balaban J connectivity index is 2.34. The summed E-state index contributed by atoms with van der Waals surface area (Å²) in [6.07, 6.45) is -0.269. The Kier molecular flexibility index (Phi) is 2.71. The van der Waals surface area contributed by atoms with E-state index in [-0.39, 0.29) is 6.61 Å². The minimum absolute atomic E-state index is 0.00991. The van der Waals surface area contributed by atoms with Gasteiger partial charge in [-0.25, -0.2) is 4.79 Å². The van der Waals surface area contributed by atoms with Crippen LogP contribution < -0.4 is 0 Å². The van der Waals surface area contributed by atoms with Gasteiger partial charge in [0, 0.05) is 11.5 Å². The van der Waals surface area contributed by atoms with Crippen molar-refractivity contribution in [1.29, 1.82) is 0 Å². The third kappa shape index (κ3) is 1.51. The van der Waals surface area contributed by atoms with Crippen LogP contribution in [0.5, 0.6) is 0 Å². The number of hydrogen-bond donors (Lipinski definition) is 1. The van der Waals surface area contributed by atoms with Crippen molar-refractivity contribution >= 4 is 11.9 Å². The molecule has 1 heterocycles. The van der Waals surface area contributed by atoms with Crippen LogP contribution in [-0.2, 0) is 19.1 Å². The van der Waals surface area contributed by atoms with Crippen LogP contribution >= 0.6 is 0 Å². The highest BCUT2D eigenvalue weighted by molar-refractivity contribution is 5.93. The molecule has 16 heavy (non-hydrogen) atoms. The third-order valence-corrected chi connectivity index (χ3v) is 3.27. The number of ether oxygens (including phenoxy) is 2. The second kappa shape index (κ2) is 3.90.